The number of aryl methyl sites for hydroxylation is 1. The van der Waals surface area contributed by atoms with Crippen molar-refractivity contribution in [3.63, 3.8) is 0 Å². The molecule has 0 aliphatic carbocycles. The van der Waals surface area contributed by atoms with Crippen molar-refractivity contribution >= 4 is 15.7 Å². The third kappa shape index (κ3) is 2.89. The highest BCUT2D eigenvalue weighted by Gasteiger charge is 2.31. The molecule has 0 saturated carbocycles. The Hall–Kier alpha value is -2.15. The first-order valence-electron chi connectivity index (χ1n) is 6.99. The molecular formula is C15H16N2O4S. The monoisotopic (exact) mass is 320 g/mol. The second kappa shape index (κ2) is 5.57. The van der Waals surface area contributed by atoms with Gasteiger partial charge in [-0.3, -0.25) is 4.79 Å². The van der Waals surface area contributed by atoms with E-state index in [-0.39, 0.29) is 23.5 Å². The lowest BCUT2D eigenvalue weighted by Crippen LogP contribution is -2.36. The molecule has 1 saturated heterocycles. The van der Waals surface area contributed by atoms with Crippen molar-refractivity contribution in [1.82, 2.24) is 10.5 Å². The standard InChI is InChI=1S/C15H16N2O4S/c1-10-13(14(17-21-10)11-5-3-2-4-6-11)15(18)16-12-7-8-22(19,20)9-12/h2-6,12H,7-9H2,1H3,(H,16,18)/t12-/m0/s1. The fourth-order valence-electron chi connectivity index (χ4n) is 2.60. The maximum Gasteiger partial charge on any atom is 0.257 e. The quantitative estimate of drug-likeness (QED) is 0.927. The largest absolute Gasteiger partial charge is 0.360 e. The summed E-state index contributed by atoms with van der Waals surface area (Å²) >= 11 is 0. The number of carbonyl (C=O) groups is 1. The maximum absolute atomic E-state index is 12.5. The summed E-state index contributed by atoms with van der Waals surface area (Å²) in [5.74, 6) is 0.174. The zero-order valence-electron chi connectivity index (χ0n) is 12.1. The van der Waals surface area contributed by atoms with Crippen molar-refractivity contribution < 1.29 is 17.7 Å². The lowest BCUT2D eigenvalue weighted by atomic mass is 10.1. The first-order valence-corrected chi connectivity index (χ1v) is 8.81. The molecule has 7 heteroatoms. The van der Waals surface area contributed by atoms with Crippen LogP contribution in [0.2, 0.25) is 0 Å². The highest BCUT2D eigenvalue weighted by Crippen LogP contribution is 2.25. The number of aromatic nitrogens is 1. The van der Waals surface area contributed by atoms with Crippen LogP contribution >= 0.6 is 0 Å². The van der Waals surface area contributed by atoms with Crippen LogP contribution < -0.4 is 5.32 Å². The SMILES string of the molecule is Cc1onc(-c2ccccc2)c1C(=O)N[C@H]1CCS(=O)(=O)C1. The molecule has 3 rings (SSSR count). The van der Waals surface area contributed by atoms with E-state index < -0.39 is 9.84 Å². The summed E-state index contributed by atoms with van der Waals surface area (Å²) < 4.78 is 28.1. The van der Waals surface area contributed by atoms with Crippen LogP contribution in [-0.2, 0) is 9.84 Å². The van der Waals surface area contributed by atoms with Crippen molar-refractivity contribution in [1.29, 1.82) is 0 Å². The van der Waals surface area contributed by atoms with Gasteiger partial charge in [-0.2, -0.15) is 0 Å². The maximum atomic E-state index is 12.5. The topological polar surface area (TPSA) is 89.3 Å². The molecule has 2 aromatic rings. The number of sulfone groups is 1. The van der Waals surface area contributed by atoms with Gasteiger partial charge in [-0.25, -0.2) is 8.42 Å². The Morgan fingerprint density at radius 1 is 1.32 bits per heavy atom. The predicted octanol–water partition coefficient (Wildman–Crippen LogP) is 1.57. The van der Waals surface area contributed by atoms with Crippen LogP contribution in [0.5, 0.6) is 0 Å². The van der Waals surface area contributed by atoms with E-state index in [1.165, 1.54) is 0 Å². The molecule has 0 bridgehead atoms. The molecule has 22 heavy (non-hydrogen) atoms. The van der Waals surface area contributed by atoms with Crippen LogP contribution in [0.4, 0.5) is 0 Å². The molecule has 2 heterocycles. The molecule has 1 N–H and O–H groups in total. The van der Waals surface area contributed by atoms with E-state index in [4.69, 9.17) is 4.52 Å². The fourth-order valence-corrected chi connectivity index (χ4v) is 4.27. The minimum absolute atomic E-state index is 0.0102. The van der Waals surface area contributed by atoms with Gasteiger partial charge in [0, 0.05) is 11.6 Å². The van der Waals surface area contributed by atoms with E-state index in [0.29, 0.717) is 23.4 Å². The zero-order valence-corrected chi connectivity index (χ0v) is 12.9. The second-order valence-electron chi connectivity index (χ2n) is 5.40. The number of benzene rings is 1. The Balaban J connectivity index is 1.86. The number of carbonyl (C=O) groups excluding carboxylic acids is 1. The third-order valence-corrected chi connectivity index (χ3v) is 5.47. The van der Waals surface area contributed by atoms with Gasteiger partial charge in [0.15, 0.2) is 9.84 Å². The van der Waals surface area contributed by atoms with Gasteiger partial charge in [-0.05, 0) is 13.3 Å². The van der Waals surface area contributed by atoms with E-state index >= 15 is 0 Å². The number of nitrogens with one attached hydrogen (secondary N) is 1. The van der Waals surface area contributed by atoms with Gasteiger partial charge >= 0.3 is 0 Å². The Labute approximate surface area is 128 Å². The highest BCUT2D eigenvalue weighted by atomic mass is 32.2. The lowest BCUT2D eigenvalue weighted by Gasteiger charge is -2.10. The summed E-state index contributed by atoms with van der Waals surface area (Å²) in [6.07, 6.45) is 0.444. The first-order chi connectivity index (χ1) is 10.5. The molecule has 116 valence electrons. The first kappa shape index (κ1) is 14.8. The minimum Gasteiger partial charge on any atom is -0.360 e. The molecule has 1 fully saturated rings. The smallest absolute Gasteiger partial charge is 0.257 e. The van der Waals surface area contributed by atoms with E-state index in [2.05, 4.69) is 10.5 Å². The van der Waals surface area contributed by atoms with Crippen LogP contribution in [0.1, 0.15) is 22.5 Å². The van der Waals surface area contributed by atoms with Crippen molar-refractivity contribution in [3.05, 3.63) is 41.7 Å². The van der Waals surface area contributed by atoms with Gasteiger partial charge in [0.1, 0.15) is 17.0 Å². The molecule has 1 aliphatic rings. The minimum atomic E-state index is -3.04. The Morgan fingerprint density at radius 3 is 2.68 bits per heavy atom. The van der Waals surface area contributed by atoms with E-state index in [0.717, 1.165) is 5.56 Å². The fraction of sp³-hybridized carbons (Fsp3) is 0.333. The summed E-state index contributed by atoms with van der Waals surface area (Å²) in [6, 6.07) is 8.91. The van der Waals surface area contributed by atoms with Gasteiger partial charge < -0.3 is 9.84 Å². The van der Waals surface area contributed by atoms with Crippen LogP contribution in [0.25, 0.3) is 11.3 Å². The molecule has 0 spiro atoms. The Kier molecular flexibility index (Phi) is 3.74. The van der Waals surface area contributed by atoms with Crippen molar-refractivity contribution in [2.24, 2.45) is 0 Å². The van der Waals surface area contributed by atoms with Gasteiger partial charge in [0.25, 0.3) is 5.91 Å². The summed E-state index contributed by atoms with van der Waals surface area (Å²) in [6.45, 7) is 1.67. The summed E-state index contributed by atoms with van der Waals surface area (Å²) in [4.78, 5) is 12.5. The summed E-state index contributed by atoms with van der Waals surface area (Å²) in [7, 11) is -3.04. The molecule has 1 atom stereocenters. The molecule has 0 radical (unpaired) electrons. The molecule has 0 unspecified atom stereocenters. The Bertz CT molecular complexity index is 796. The number of hydrogen-bond donors (Lipinski definition) is 1. The number of nitrogens with zero attached hydrogens (tertiary/aromatic N) is 1. The zero-order chi connectivity index (χ0) is 15.7. The molecule has 1 amide bonds. The van der Waals surface area contributed by atoms with Gasteiger partial charge in [0.2, 0.25) is 0 Å². The molecule has 6 nitrogen and oxygen atoms in total. The normalized spacial score (nSPS) is 20.0. The van der Waals surface area contributed by atoms with Gasteiger partial charge in [0.05, 0.1) is 11.5 Å². The predicted molar refractivity (Wildman–Crippen MR) is 81.2 cm³/mol. The number of hydrogen-bond acceptors (Lipinski definition) is 5. The van der Waals surface area contributed by atoms with Crippen LogP contribution in [-0.4, -0.2) is 37.0 Å². The highest BCUT2D eigenvalue weighted by molar-refractivity contribution is 7.91. The van der Waals surface area contributed by atoms with Gasteiger partial charge in [-0.15, -0.1) is 0 Å². The second-order valence-corrected chi connectivity index (χ2v) is 7.63. The Morgan fingerprint density at radius 2 is 2.05 bits per heavy atom. The average Bonchev–Trinajstić information content (AvgIpc) is 3.02. The summed E-state index contributed by atoms with van der Waals surface area (Å²) in [5.41, 5.74) is 1.61. The average molecular weight is 320 g/mol. The molecule has 1 aromatic heterocycles. The van der Waals surface area contributed by atoms with Crippen LogP contribution in [0.3, 0.4) is 0 Å². The van der Waals surface area contributed by atoms with Crippen molar-refractivity contribution in [2.45, 2.75) is 19.4 Å². The summed E-state index contributed by atoms with van der Waals surface area (Å²) in [5, 5.41) is 6.73. The van der Waals surface area contributed by atoms with E-state index in [9.17, 15) is 13.2 Å². The van der Waals surface area contributed by atoms with Crippen molar-refractivity contribution in [3.8, 4) is 11.3 Å². The van der Waals surface area contributed by atoms with E-state index in [1.807, 2.05) is 30.3 Å². The lowest BCUT2D eigenvalue weighted by molar-refractivity contribution is 0.0940. The van der Waals surface area contributed by atoms with Crippen molar-refractivity contribution in [2.75, 3.05) is 11.5 Å². The third-order valence-electron chi connectivity index (χ3n) is 3.70. The molecule has 1 aliphatic heterocycles. The molecule has 1 aromatic carbocycles. The van der Waals surface area contributed by atoms with Crippen LogP contribution in [0, 0.1) is 6.92 Å². The number of amides is 1. The van der Waals surface area contributed by atoms with Gasteiger partial charge in [-0.1, -0.05) is 35.5 Å². The number of rotatable bonds is 3. The van der Waals surface area contributed by atoms with E-state index in [1.54, 1.807) is 6.92 Å². The molecular weight excluding hydrogens is 304 g/mol. The van der Waals surface area contributed by atoms with Crippen LogP contribution in [0.15, 0.2) is 34.9 Å².